The summed E-state index contributed by atoms with van der Waals surface area (Å²) < 4.78 is 53.7. The standard InChI is InChI=1S/C20H16F4N4O3/c1-2-25-17(29)16-18(30)27(11-12-6-8-14(21)9-7-12)19(31)28(26-16)15-5-3-4-13(10-15)20(22,23)24/h3-10H,2,11H2,1H3,(H,25,29). The van der Waals surface area contributed by atoms with Crippen LogP contribution in [0.2, 0.25) is 0 Å². The van der Waals surface area contributed by atoms with E-state index in [1.165, 1.54) is 18.2 Å². The molecule has 162 valence electrons. The zero-order chi connectivity index (χ0) is 22.8. The van der Waals surface area contributed by atoms with Gasteiger partial charge in [0, 0.05) is 6.54 Å². The van der Waals surface area contributed by atoms with Crippen LogP contribution in [0.5, 0.6) is 0 Å². The second-order valence-electron chi connectivity index (χ2n) is 6.47. The van der Waals surface area contributed by atoms with Crippen molar-refractivity contribution < 1.29 is 22.4 Å². The minimum absolute atomic E-state index is 0.153. The van der Waals surface area contributed by atoms with E-state index < -0.39 is 40.4 Å². The number of aromatic nitrogens is 3. The van der Waals surface area contributed by atoms with Crippen molar-refractivity contribution in [3.05, 3.63) is 92.0 Å². The van der Waals surface area contributed by atoms with Crippen molar-refractivity contribution in [3.63, 3.8) is 0 Å². The number of carbonyl (C=O) groups is 1. The van der Waals surface area contributed by atoms with Crippen molar-refractivity contribution in [3.8, 4) is 5.69 Å². The van der Waals surface area contributed by atoms with Crippen molar-refractivity contribution in [1.82, 2.24) is 19.7 Å². The molecule has 2 aromatic carbocycles. The highest BCUT2D eigenvalue weighted by Crippen LogP contribution is 2.29. The molecule has 7 nitrogen and oxygen atoms in total. The first kappa shape index (κ1) is 21.9. The van der Waals surface area contributed by atoms with Gasteiger partial charge in [0.2, 0.25) is 5.69 Å². The molecule has 0 saturated heterocycles. The first-order valence-electron chi connectivity index (χ1n) is 9.06. The van der Waals surface area contributed by atoms with Crippen LogP contribution in [0.1, 0.15) is 28.5 Å². The SMILES string of the molecule is CCNC(=O)c1nn(-c2cccc(C(F)(F)F)c2)c(=O)n(Cc2ccc(F)cc2)c1=O. The van der Waals surface area contributed by atoms with E-state index in [0.717, 1.165) is 24.3 Å². The molecule has 3 rings (SSSR count). The number of hydrogen-bond acceptors (Lipinski definition) is 4. The van der Waals surface area contributed by atoms with Crippen molar-refractivity contribution in [2.24, 2.45) is 0 Å². The first-order chi connectivity index (χ1) is 14.6. The zero-order valence-corrected chi connectivity index (χ0v) is 16.1. The van der Waals surface area contributed by atoms with E-state index in [4.69, 9.17) is 0 Å². The summed E-state index contributed by atoms with van der Waals surface area (Å²) in [7, 11) is 0. The van der Waals surface area contributed by atoms with E-state index in [2.05, 4.69) is 10.4 Å². The lowest BCUT2D eigenvalue weighted by molar-refractivity contribution is -0.137. The van der Waals surface area contributed by atoms with Gasteiger partial charge in [-0.15, -0.1) is 0 Å². The van der Waals surface area contributed by atoms with Gasteiger partial charge in [0.1, 0.15) is 5.82 Å². The minimum atomic E-state index is -4.68. The number of hydrogen-bond donors (Lipinski definition) is 1. The molecule has 1 amide bonds. The second-order valence-corrected chi connectivity index (χ2v) is 6.47. The molecule has 0 aliphatic carbocycles. The Bertz CT molecular complexity index is 1230. The fourth-order valence-electron chi connectivity index (χ4n) is 2.80. The molecule has 0 aliphatic heterocycles. The molecule has 0 spiro atoms. The summed E-state index contributed by atoms with van der Waals surface area (Å²) in [6, 6.07) is 8.68. The van der Waals surface area contributed by atoms with Crippen LogP contribution in [0, 0.1) is 5.82 Å². The van der Waals surface area contributed by atoms with Gasteiger partial charge in [-0.1, -0.05) is 18.2 Å². The second kappa shape index (κ2) is 8.54. The summed E-state index contributed by atoms with van der Waals surface area (Å²) in [6.45, 7) is 1.41. The summed E-state index contributed by atoms with van der Waals surface area (Å²) in [5.41, 5.74) is -3.69. The smallest absolute Gasteiger partial charge is 0.351 e. The molecule has 0 radical (unpaired) electrons. The highest BCUT2D eigenvalue weighted by Gasteiger charge is 2.31. The fraction of sp³-hybridized carbons (Fsp3) is 0.200. The summed E-state index contributed by atoms with van der Waals surface area (Å²) in [4.78, 5) is 38.0. The van der Waals surface area contributed by atoms with Crippen LogP contribution in [-0.4, -0.2) is 26.8 Å². The average molecular weight is 436 g/mol. The van der Waals surface area contributed by atoms with E-state index in [1.807, 2.05) is 0 Å². The number of benzene rings is 2. The van der Waals surface area contributed by atoms with Gasteiger partial charge in [0.05, 0.1) is 17.8 Å². The van der Waals surface area contributed by atoms with Crippen LogP contribution >= 0.6 is 0 Å². The highest BCUT2D eigenvalue weighted by molar-refractivity contribution is 5.91. The molecule has 0 saturated carbocycles. The maximum Gasteiger partial charge on any atom is 0.416 e. The van der Waals surface area contributed by atoms with Crippen LogP contribution < -0.4 is 16.6 Å². The molecule has 1 N–H and O–H groups in total. The van der Waals surface area contributed by atoms with Gasteiger partial charge >= 0.3 is 11.9 Å². The summed E-state index contributed by atoms with van der Waals surface area (Å²) in [5.74, 6) is -1.42. The molecule has 31 heavy (non-hydrogen) atoms. The molecule has 0 fully saturated rings. The molecule has 0 bridgehead atoms. The molecule has 3 aromatic rings. The Balaban J connectivity index is 2.23. The maximum absolute atomic E-state index is 13.2. The Kier molecular flexibility index (Phi) is 6.04. The molecule has 0 unspecified atom stereocenters. The van der Waals surface area contributed by atoms with Gasteiger partial charge in [-0.2, -0.15) is 23.0 Å². The number of nitrogens with zero attached hydrogens (tertiary/aromatic N) is 3. The number of amides is 1. The lowest BCUT2D eigenvalue weighted by atomic mass is 10.2. The number of carbonyl (C=O) groups excluding carboxylic acids is 1. The number of alkyl halides is 3. The number of halogens is 4. The molecular formula is C20H16F4N4O3. The van der Waals surface area contributed by atoms with Crippen LogP contribution in [0.3, 0.4) is 0 Å². The summed E-state index contributed by atoms with van der Waals surface area (Å²) >= 11 is 0. The average Bonchev–Trinajstić information content (AvgIpc) is 2.72. The Morgan fingerprint density at radius 3 is 2.39 bits per heavy atom. The Hall–Kier alpha value is -3.76. The van der Waals surface area contributed by atoms with Gasteiger partial charge in [0.15, 0.2) is 0 Å². The van der Waals surface area contributed by atoms with Crippen molar-refractivity contribution in [1.29, 1.82) is 0 Å². The topological polar surface area (TPSA) is 86.0 Å². The molecule has 0 aliphatic rings. The normalized spacial score (nSPS) is 11.4. The van der Waals surface area contributed by atoms with E-state index in [9.17, 15) is 31.9 Å². The summed E-state index contributed by atoms with van der Waals surface area (Å²) in [5, 5.41) is 6.11. The van der Waals surface area contributed by atoms with Gasteiger partial charge in [-0.05, 0) is 42.8 Å². The van der Waals surface area contributed by atoms with Crippen LogP contribution in [0.15, 0.2) is 58.1 Å². The van der Waals surface area contributed by atoms with Gasteiger partial charge in [0.25, 0.3) is 11.5 Å². The maximum atomic E-state index is 13.2. The number of nitrogens with one attached hydrogen (secondary N) is 1. The Labute approximate surface area is 172 Å². The first-order valence-corrected chi connectivity index (χ1v) is 9.06. The summed E-state index contributed by atoms with van der Waals surface area (Å²) in [6.07, 6.45) is -4.68. The minimum Gasteiger partial charge on any atom is -0.351 e. The van der Waals surface area contributed by atoms with Crippen LogP contribution in [-0.2, 0) is 12.7 Å². The van der Waals surface area contributed by atoms with Crippen molar-refractivity contribution >= 4 is 5.91 Å². The van der Waals surface area contributed by atoms with Crippen molar-refractivity contribution in [2.45, 2.75) is 19.6 Å². The van der Waals surface area contributed by atoms with Gasteiger partial charge in [-0.25, -0.2) is 9.18 Å². The number of rotatable bonds is 5. The van der Waals surface area contributed by atoms with Crippen LogP contribution in [0.4, 0.5) is 17.6 Å². The third-order valence-electron chi connectivity index (χ3n) is 4.28. The van der Waals surface area contributed by atoms with Crippen LogP contribution in [0.25, 0.3) is 5.69 Å². The quantitative estimate of drug-likeness (QED) is 0.623. The lowest BCUT2D eigenvalue weighted by Crippen LogP contribution is -2.46. The molecule has 1 aromatic heterocycles. The van der Waals surface area contributed by atoms with E-state index >= 15 is 0 Å². The van der Waals surface area contributed by atoms with E-state index in [-0.39, 0.29) is 18.8 Å². The highest BCUT2D eigenvalue weighted by atomic mass is 19.4. The molecule has 1 heterocycles. The van der Waals surface area contributed by atoms with E-state index in [0.29, 0.717) is 20.9 Å². The van der Waals surface area contributed by atoms with Gasteiger partial charge < -0.3 is 5.32 Å². The Morgan fingerprint density at radius 1 is 1.10 bits per heavy atom. The molecular weight excluding hydrogens is 420 g/mol. The molecule has 0 atom stereocenters. The Morgan fingerprint density at radius 2 is 1.77 bits per heavy atom. The molecule has 11 heteroatoms. The van der Waals surface area contributed by atoms with Crippen molar-refractivity contribution in [2.75, 3.05) is 6.54 Å². The third-order valence-corrected chi connectivity index (χ3v) is 4.28. The fourth-order valence-corrected chi connectivity index (χ4v) is 2.80. The largest absolute Gasteiger partial charge is 0.416 e. The predicted molar refractivity (Wildman–Crippen MR) is 103 cm³/mol. The van der Waals surface area contributed by atoms with Gasteiger partial charge in [-0.3, -0.25) is 14.2 Å². The third kappa shape index (κ3) is 4.71. The zero-order valence-electron chi connectivity index (χ0n) is 16.1. The monoisotopic (exact) mass is 436 g/mol. The predicted octanol–water partition coefficient (Wildman–Crippen LogP) is 2.35. The lowest BCUT2D eigenvalue weighted by Gasteiger charge is -2.13. The van der Waals surface area contributed by atoms with E-state index in [1.54, 1.807) is 6.92 Å².